The molecule has 7 nitrogen and oxygen atoms in total. The lowest BCUT2D eigenvalue weighted by molar-refractivity contribution is -0.129. The van der Waals surface area contributed by atoms with E-state index in [4.69, 9.17) is 4.74 Å². The number of hydrogen-bond acceptors (Lipinski definition) is 5. The van der Waals surface area contributed by atoms with Crippen molar-refractivity contribution in [2.24, 2.45) is 5.92 Å². The third-order valence-corrected chi connectivity index (χ3v) is 6.44. The summed E-state index contributed by atoms with van der Waals surface area (Å²) in [5, 5.41) is 3.04. The molecule has 2 atom stereocenters. The van der Waals surface area contributed by atoms with Crippen molar-refractivity contribution in [3.8, 4) is 5.75 Å². The highest BCUT2D eigenvalue weighted by Gasteiger charge is 2.49. The van der Waals surface area contributed by atoms with Crippen molar-refractivity contribution >= 4 is 17.6 Å². The van der Waals surface area contributed by atoms with E-state index in [9.17, 15) is 9.59 Å². The van der Waals surface area contributed by atoms with E-state index in [1.807, 2.05) is 47.5 Å². The molecule has 1 aliphatic heterocycles. The molecule has 1 aromatic carbocycles. The lowest BCUT2D eigenvalue weighted by Crippen LogP contribution is -2.36. The summed E-state index contributed by atoms with van der Waals surface area (Å²) in [5.74, 6) is 1.21. The summed E-state index contributed by atoms with van der Waals surface area (Å²) in [4.78, 5) is 34.7. The zero-order chi connectivity index (χ0) is 22.7. The quantitative estimate of drug-likeness (QED) is 0.653. The number of ether oxygens (including phenoxy) is 1. The largest absolute Gasteiger partial charge is 0.497 e. The number of amides is 2. The topological polar surface area (TPSA) is 74.8 Å². The third kappa shape index (κ3) is 4.56. The Bertz CT molecular complexity index is 954. The molecule has 2 fully saturated rings. The van der Waals surface area contributed by atoms with Crippen molar-refractivity contribution in [2.75, 3.05) is 25.1 Å². The number of nitrogens with one attached hydrogen (secondary N) is 1. The Morgan fingerprint density at radius 3 is 2.62 bits per heavy atom. The summed E-state index contributed by atoms with van der Waals surface area (Å²) in [6.07, 6.45) is 4.06. The lowest BCUT2D eigenvalue weighted by Gasteiger charge is -2.28. The molecule has 170 valence electrons. The minimum Gasteiger partial charge on any atom is -0.497 e. The Morgan fingerprint density at radius 2 is 2.00 bits per heavy atom. The van der Waals surface area contributed by atoms with Gasteiger partial charge < -0.3 is 19.9 Å². The van der Waals surface area contributed by atoms with E-state index in [-0.39, 0.29) is 30.3 Å². The van der Waals surface area contributed by atoms with Crippen LogP contribution in [0.3, 0.4) is 0 Å². The van der Waals surface area contributed by atoms with Gasteiger partial charge in [-0.15, -0.1) is 0 Å². The molecule has 32 heavy (non-hydrogen) atoms. The summed E-state index contributed by atoms with van der Waals surface area (Å²) in [5.41, 5.74) is 1.89. The molecule has 7 heteroatoms. The predicted molar refractivity (Wildman–Crippen MR) is 123 cm³/mol. The summed E-state index contributed by atoms with van der Waals surface area (Å²) in [7, 11) is 1.63. The third-order valence-electron chi connectivity index (χ3n) is 6.44. The molecular weight excluding hydrogens is 404 g/mol. The minimum atomic E-state index is -0.418. The number of methoxy groups -OCH3 is 1. The first kappa shape index (κ1) is 22.1. The molecule has 1 saturated heterocycles. The molecule has 2 aliphatic rings. The van der Waals surface area contributed by atoms with E-state index >= 15 is 0 Å². The van der Waals surface area contributed by atoms with Crippen molar-refractivity contribution in [2.45, 2.75) is 51.7 Å². The second-order valence-corrected chi connectivity index (χ2v) is 8.48. The van der Waals surface area contributed by atoms with Crippen LogP contribution in [-0.2, 0) is 16.1 Å². The predicted octanol–water partition coefficient (Wildman–Crippen LogP) is 3.30. The number of nitrogens with zero attached hydrogens (tertiary/aromatic N) is 3. The van der Waals surface area contributed by atoms with Crippen molar-refractivity contribution < 1.29 is 14.3 Å². The first-order valence-corrected chi connectivity index (χ1v) is 11.5. The fraction of sp³-hybridized carbons (Fsp3) is 0.480. The number of aromatic nitrogens is 1. The van der Waals surface area contributed by atoms with Gasteiger partial charge in [-0.25, -0.2) is 4.98 Å². The Labute approximate surface area is 189 Å². The van der Waals surface area contributed by atoms with Crippen molar-refractivity contribution in [3.05, 3.63) is 53.7 Å². The van der Waals surface area contributed by atoms with Crippen LogP contribution < -0.4 is 15.0 Å². The Morgan fingerprint density at radius 1 is 1.22 bits per heavy atom. The molecule has 2 aromatic rings. The molecule has 4 rings (SSSR count). The smallest absolute Gasteiger partial charge is 0.226 e. The van der Waals surface area contributed by atoms with Gasteiger partial charge in [0.2, 0.25) is 11.8 Å². The molecule has 1 saturated carbocycles. The van der Waals surface area contributed by atoms with Gasteiger partial charge in [-0.3, -0.25) is 9.59 Å². The van der Waals surface area contributed by atoms with E-state index in [2.05, 4.69) is 29.0 Å². The first-order valence-electron chi connectivity index (χ1n) is 11.5. The number of carbonyl (C=O) groups is 2. The zero-order valence-electron chi connectivity index (χ0n) is 19.1. The van der Waals surface area contributed by atoms with Crippen LogP contribution in [0.2, 0.25) is 0 Å². The van der Waals surface area contributed by atoms with Gasteiger partial charge in [0.05, 0.1) is 19.1 Å². The molecule has 1 aromatic heterocycles. The van der Waals surface area contributed by atoms with E-state index in [1.54, 1.807) is 7.11 Å². The molecule has 1 aliphatic carbocycles. The second-order valence-electron chi connectivity index (χ2n) is 8.48. The molecule has 2 amide bonds. The first-order chi connectivity index (χ1) is 15.5. The number of benzene rings is 1. The summed E-state index contributed by atoms with van der Waals surface area (Å²) in [6.45, 7) is 6.40. The molecular formula is C25H32N4O3. The lowest BCUT2D eigenvalue weighted by atomic mass is 9.92. The minimum absolute atomic E-state index is 0.0608. The summed E-state index contributed by atoms with van der Waals surface area (Å²) >= 11 is 0. The number of carbonyl (C=O) groups excluding carboxylic acids is 2. The monoisotopic (exact) mass is 436 g/mol. The molecule has 0 unspecified atom stereocenters. The van der Waals surface area contributed by atoms with Gasteiger partial charge >= 0.3 is 0 Å². The average Bonchev–Trinajstić information content (AvgIpc) is 3.60. The van der Waals surface area contributed by atoms with E-state index in [0.717, 1.165) is 48.6 Å². The van der Waals surface area contributed by atoms with Crippen molar-refractivity contribution in [3.63, 3.8) is 0 Å². The molecule has 2 heterocycles. The van der Waals surface area contributed by atoms with Crippen molar-refractivity contribution in [1.29, 1.82) is 0 Å². The highest BCUT2D eigenvalue weighted by atomic mass is 16.5. The van der Waals surface area contributed by atoms with E-state index in [1.165, 1.54) is 0 Å². The van der Waals surface area contributed by atoms with Crippen LogP contribution in [-0.4, -0.2) is 47.9 Å². The molecule has 0 radical (unpaired) electrons. The van der Waals surface area contributed by atoms with Crippen LogP contribution in [0.4, 0.5) is 5.82 Å². The standard InChI is InChI=1S/C25H32N4O3/c1-4-28(5-2)22-12-9-17(15-26-22)16-27-25(31)21-14-23(30)29(19-10-11-19)24(21)18-7-6-8-20(13-18)32-3/h6-9,12-13,15,19,21,24H,4-5,10-11,14,16H2,1-3H3,(H,27,31)/t21-,24+/m1/s1. The maximum Gasteiger partial charge on any atom is 0.226 e. The summed E-state index contributed by atoms with van der Waals surface area (Å²) < 4.78 is 5.38. The van der Waals surface area contributed by atoms with Crippen LogP contribution in [0, 0.1) is 5.92 Å². The number of pyridine rings is 1. The summed E-state index contributed by atoms with van der Waals surface area (Å²) in [6, 6.07) is 11.7. The Balaban J connectivity index is 1.48. The highest BCUT2D eigenvalue weighted by molar-refractivity contribution is 5.90. The average molecular weight is 437 g/mol. The molecule has 0 spiro atoms. The van der Waals surface area contributed by atoms with E-state index in [0.29, 0.717) is 6.54 Å². The van der Waals surface area contributed by atoms with Crippen molar-refractivity contribution in [1.82, 2.24) is 15.2 Å². The molecule has 0 bridgehead atoms. The number of anilines is 1. The fourth-order valence-corrected chi connectivity index (χ4v) is 4.57. The highest BCUT2D eigenvalue weighted by Crippen LogP contribution is 2.45. The number of hydrogen-bond donors (Lipinski definition) is 1. The molecule has 1 N–H and O–H groups in total. The maximum atomic E-state index is 13.2. The van der Waals surface area contributed by atoms with E-state index < -0.39 is 5.92 Å². The van der Waals surface area contributed by atoms with Crippen LogP contribution in [0.15, 0.2) is 42.6 Å². The van der Waals surface area contributed by atoms with Crippen LogP contribution in [0.5, 0.6) is 5.75 Å². The van der Waals surface area contributed by atoms with Crippen LogP contribution in [0.25, 0.3) is 0 Å². The number of rotatable bonds is 9. The maximum absolute atomic E-state index is 13.2. The number of likely N-dealkylation sites (tertiary alicyclic amines) is 1. The van der Waals surface area contributed by atoms with Gasteiger partial charge in [0, 0.05) is 38.3 Å². The normalized spacial score (nSPS) is 20.3. The van der Waals surface area contributed by atoms with Gasteiger partial charge in [-0.1, -0.05) is 18.2 Å². The zero-order valence-corrected chi connectivity index (χ0v) is 19.1. The SMILES string of the molecule is CCN(CC)c1ccc(CNC(=O)[C@@H]2CC(=O)N(C3CC3)[C@H]2c2cccc(OC)c2)cn1. The van der Waals surface area contributed by atoms with Crippen LogP contribution >= 0.6 is 0 Å². The Kier molecular flexibility index (Phi) is 6.63. The van der Waals surface area contributed by atoms with Gasteiger partial charge in [0.25, 0.3) is 0 Å². The van der Waals surface area contributed by atoms with Gasteiger partial charge in [0.15, 0.2) is 0 Å². The van der Waals surface area contributed by atoms with Crippen LogP contribution in [0.1, 0.15) is 50.3 Å². The van der Waals surface area contributed by atoms with Gasteiger partial charge in [-0.05, 0) is 56.0 Å². The van der Waals surface area contributed by atoms with Gasteiger partial charge in [-0.2, -0.15) is 0 Å². The Hall–Kier alpha value is -3.09. The second kappa shape index (κ2) is 9.59. The fourth-order valence-electron chi connectivity index (χ4n) is 4.57. The van der Waals surface area contributed by atoms with Gasteiger partial charge in [0.1, 0.15) is 11.6 Å².